The van der Waals surface area contributed by atoms with E-state index in [0.717, 1.165) is 42.5 Å². The van der Waals surface area contributed by atoms with Crippen LogP contribution in [0.3, 0.4) is 0 Å². The van der Waals surface area contributed by atoms with Crippen LogP contribution < -0.4 is 11.0 Å². The van der Waals surface area contributed by atoms with Gasteiger partial charge in [0, 0.05) is 44.1 Å². The third-order valence-electron chi connectivity index (χ3n) is 9.22. The number of nitrogens with zero attached hydrogens (tertiary/aromatic N) is 4. The normalized spacial score (nSPS) is 19.3. The predicted molar refractivity (Wildman–Crippen MR) is 170 cm³/mol. The number of fused-ring (bicyclic) bond motifs is 1. The number of phenolic OH excluding ortho intramolecular Hbond substituents is 1. The number of benzene rings is 1. The van der Waals surface area contributed by atoms with Crippen molar-refractivity contribution in [3.05, 3.63) is 88.2 Å². The van der Waals surface area contributed by atoms with E-state index in [4.69, 9.17) is 4.98 Å². The standard InChI is InChI=1S/C35H45N5O3/c1-34(2,3)22-40-29-14-13-28(38-31(29)39(6)33(40)43)23-15-17-35(4,5)27(20-23)25(24-10-9-18-36-21-24)16-19-37-32(42)26-11-7-8-12-30(26)41/h7-14,18,21,23,25,27,41H,15-17,19-20,22H2,1-6H3,(H,37,42). The molecule has 0 bridgehead atoms. The first-order chi connectivity index (χ1) is 20.4. The summed E-state index contributed by atoms with van der Waals surface area (Å²) in [4.78, 5) is 35.5. The number of carbonyl (C=O) groups excluding carboxylic acids is 1. The summed E-state index contributed by atoms with van der Waals surface area (Å²) in [6, 6.07) is 14.9. The Morgan fingerprint density at radius 1 is 1.14 bits per heavy atom. The Kier molecular flexibility index (Phi) is 8.50. The molecule has 1 aliphatic rings. The number of aryl methyl sites for hydroxylation is 1. The fourth-order valence-corrected chi connectivity index (χ4v) is 6.89. The summed E-state index contributed by atoms with van der Waals surface area (Å²) in [5.74, 6) is 0.473. The summed E-state index contributed by atoms with van der Waals surface area (Å²) >= 11 is 0. The number of phenols is 1. The van der Waals surface area contributed by atoms with E-state index in [0.29, 0.717) is 19.0 Å². The van der Waals surface area contributed by atoms with Gasteiger partial charge in [0.2, 0.25) is 0 Å². The average Bonchev–Trinajstić information content (AvgIpc) is 3.19. The molecule has 3 atom stereocenters. The maximum atomic E-state index is 13.1. The first-order valence-corrected chi connectivity index (χ1v) is 15.4. The van der Waals surface area contributed by atoms with E-state index in [2.05, 4.69) is 63.1 Å². The lowest BCUT2D eigenvalue weighted by atomic mass is 9.59. The van der Waals surface area contributed by atoms with Gasteiger partial charge in [-0.2, -0.15) is 0 Å². The molecule has 43 heavy (non-hydrogen) atoms. The zero-order valence-corrected chi connectivity index (χ0v) is 26.3. The van der Waals surface area contributed by atoms with Gasteiger partial charge in [0.05, 0.1) is 11.1 Å². The second kappa shape index (κ2) is 12.0. The Hall–Kier alpha value is -3.94. The van der Waals surface area contributed by atoms with E-state index in [1.54, 1.807) is 29.0 Å². The quantitative estimate of drug-likeness (QED) is 0.250. The minimum Gasteiger partial charge on any atom is -0.507 e. The zero-order valence-electron chi connectivity index (χ0n) is 26.3. The largest absolute Gasteiger partial charge is 0.507 e. The molecule has 0 saturated heterocycles. The van der Waals surface area contributed by atoms with Crippen molar-refractivity contribution in [1.29, 1.82) is 0 Å². The van der Waals surface area contributed by atoms with Crippen LogP contribution in [0.25, 0.3) is 11.2 Å². The molecule has 228 valence electrons. The molecule has 8 heteroatoms. The third kappa shape index (κ3) is 6.53. The molecule has 3 unspecified atom stereocenters. The van der Waals surface area contributed by atoms with Gasteiger partial charge in [-0.05, 0) is 84.2 Å². The Morgan fingerprint density at radius 3 is 2.60 bits per heavy atom. The highest BCUT2D eigenvalue weighted by Crippen LogP contribution is 2.52. The molecule has 1 aromatic carbocycles. The van der Waals surface area contributed by atoms with Crippen LogP contribution in [0.5, 0.6) is 5.75 Å². The zero-order chi connectivity index (χ0) is 30.9. The van der Waals surface area contributed by atoms with Gasteiger partial charge in [-0.25, -0.2) is 9.78 Å². The third-order valence-corrected chi connectivity index (χ3v) is 9.22. The van der Waals surface area contributed by atoms with E-state index < -0.39 is 0 Å². The maximum absolute atomic E-state index is 13.1. The lowest BCUT2D eigenvalue weighted by Gasteiger charge is -2.46. The number of nitrogens with one attached hydrogen (secondary N) is 1. The van der Waals surface area contributed by atoms with Crippen LogP contribution in [0.4, 0.5) is 0 Å². The highest BCUT2D eigenvalue weighted by molar-refractivity contribution is 5.96. The van der Waals surface area contributed by atoms with Crippen molar-refractivity contribution >= 4 is 17.1 Å². The van der Waals surface area contributed by atoms with Crippen molar-refractivity contribution in [2.24, 2.45) is 23.8 Å². The molecule has 0 aliphatic heterocycles. The van der Waals surface area contributed by atoms with Crippen molar-refractivity contribution in [3.63, 3.8) is 0 Å². The van der Waals surface area contributed by atoms with Crippen LogP contribution in [-0.4, -0.2) is 36.7 Å². The molecule has 3 heterocycles. The summed E-state index contributed by atoms with van der Waals surface area (Å²) in [6.07, 6.45) is 7.53. The smallest absolute Gasteiger partial charge is 0.330 e. The van der Waals surface area contributed by atoms with Gasteiger partial charge in [-0.1, -0.05) is 52.8 Å². The molecule has 5 rings (SSSR count). The summed E-state index contributed by atoms with van der Waals surface area (Å²) < 4.78 is 3.53. The van der Waals surface area contributed by atoms with Crippen LogP contribution in [0.15, 0.2) is 65.7 Å². The van der Waals surface area contributed by atoms with Crippen LogP contribution >= 0.6 is 0 Å². The average molecular weight is 584 g/mol. The van der Waals surface area contributed by atoms with Crippen molar-refractivity contribution in [3.8, 4) is 5.75 Å². The van der Waals surface area contributed by atoms with Gasteiger partial charge in [0.1, 0.15) is 5.75 Å². The summed E-state index contributed by atoms with van der Waals surface area (Å²) in [5, 5.41) is 13.2. The van der Waals surface area contributed by atoms with Gasteiger partial charge in [0.25, 0.3) is 5.91 Å². The van der Waals surface area contributed by atoms with Gasteiger partial charge >= 0.3 is 5.69 Å². The predicted octanol–water partition coefficient (Wildman–Crippen LogP) is 6.40. The van der Waals surface area contributed by atoms with Gasteiger partial charge in [-0.15, -0.1) is 0 Å². The number of hydrogen-bond acceptors (Lipinski definition) is 5. The summed E-state index contributed by atoms with van der Waals surface area (Å²) in [5.41, 5.74) is 4.13. The molecular formula is C35H45N5O3. The first-order valence-electron chi connectivity index (χ1n) is 15.4. The maximum Gasteiger partial charge on any atom is 0.330 e. The fraction of sp³-hybridized carbons (Fsp3) is 0.486. The molecule has 0 radical (unpaired) electrons. The Labute approximate surface area is 254 Å². The van der Waals surface area contributed by atoms with Crippen LogP contribution in [0.1, 0.15) is 93.8 Å². The topological polar surface area (TPSA) is 102 Å². The lowest BCUT2D eigenvalue weighted by Crippen LogP contribution is -2.37. The number of rotatable bonds is 8. The molecule has 0 spiro atoms. The molecule has 4 aromatic rings. The molecule has 1 aliphatic carbocycles. The van der Waals surface area contributed by atoms with E-state index in [1.165, 1.54) is 11.6 Å². The molecule has 3 aromatic heterocycles. The number of carbonyl (C=O) groups is 1. The fourth-order valence-electron chi connectivity index (χ4n) is 6.89. The Bertz CT molecular complexity index is 1650. The van der Waals surface area contributed by atoms with Gasteiger partial charge in [0.15, 0.2) is 5.65 Å². The second-order valence-corrected chi connectivity index (χ2v) is 14.1. The molecule has 1 saturated carbocycles. The van der Waals surface area contributed by atoms with Crippen LogP contribution in [0, 0.1) is 16.7 Å². The number of imidazole rings is 1. The number of amides is 1. The van der Waals surface area contributed by atoms with Crippen LogP contribution in [0.2, 0.25) is 0 Å². The Balaban J connectivity index is 1.41. The summed E-state index contributed by atoms with van der Waals surface area (Å²) in [6.45, 7) is 12.2. The Morgan fingerprint density at radius 2 is 1.91 bits per heavy atom. The minimum absolute atomic E-state index is 0.0178. The number of para-hydroxylation sites is 1. The molecule has 2 N–H and O–H groups in total. The van der Waals surface area contributed by atoms with Crippen molar-refractivity contribution in [2.45, 2.75) is 78.7 Å². The second-order valence-electron chi connectivity index (χ2n) is 14.1. The van der Waals surface area contributed by atoms with E-state index >= 15 is 0 Å². The number of hydrogen-bond donors (Lipinski definition) is 2. The van der Waals surface area contributed by atoms with E-state index in [-0.39, 0.29) is 45.6 Å². The van der Waals surface area contributed by atoms with Crippen molar-refractivity contribution in [2.75, 3.05) is 6.54 Å². The SMILES string of the molecule is Cn1c(=O)n(CC(C)(C)C)c2ccc(C3CCC(C)(C)C(C(CCNC(=O)c4ccccc4O)c4cccnc4)C3)nc21. The number of aromatic hydroxyl groups is 1. The molecular weight excluding hydrogens is 538 g/mol. The molecule has 8 nitrogen and oxygen atoms in total. The highest BCUT2D eigenvalue weighted by atomic mass is 16.3. The lowest BCUT2D eigenvalue weighted by molar-refractivity contribution is 0.0889. The number of pyridine rings is 2. The monoisotopic (exact) mass is 583 g/mol. The molecule has 1 amide bonds. The number of aromatic nitrogens is 4. The first kappa shape index (κ1) is 30.5. The minimum atomic E-state index is -0.273. The van der Waals surface area contributed by atoms with Gasteiger partial charge in [-0.3, -0.25) is 18.9 Å². The molecule has 1 fully saturated rings. The van der Waals surface area contributed by atoms with Crippen molar-refractivity contribution in [1.82, 2.24) is 24.4 Å². The highest BCUT2D eigenvalue weighted by Gasteiger charge is 2.42. The van der Waals surface area contributed by atoms with E-state index in [1.807, 2.05) is 23.9 Å². The van der Waals surface area contributed by atoms with Crippen molar-refractivity contribution < 1.29 is 9.90 Å². The van der Waals surface area contributed by atoms with Crippen LogP contribution in [-0.2, 0) is 13.6 Å². The van der Waals surface area contributed by atoms with E-state index in [9.17, 15) is 14.7 Å². The summed E-state index contributed by atoms with van der Waals surface area (Å²) in [7, 11) is 1.81. The van der Waals surface area contributed by atoms with Gasteiger partial charge < -0.3 is 10.4 Å².